The standard InChI is InChI=1S/C4H9B2.3C2H6.B2/c1-4(2,3)6-5;4*1-2/h1-3H3;3*1-2H3;. The van der Waals surface area contributed by atoms with Crippen molar-refractivity contribution in [1.29, 1.82) is 0 Å². The summed E-state index contributed by atoms with van der Waals surface area (Å²) in [6.45, 7) is 18.2. The molecule has 0 bridgehead atoms. The van der Waals surface area contributed by atoms with Crippen molar-refractivity contribution < 1.29 is 0 Å². The Morgan fingerprint density at radius 3 is 0.786 bits per heavy atom. The van der Waals surface area contributed by atoms with E-state index in [2.05, 4.69) is 36.2 Å². The quantitative estimate of drug-likeness (QED) is 0.514. The summed E-state index contributed by atoms with van der Waals surface area (Å²) < 4.78 is 0. The zero-order valence-electron chi connectivity index (χ0n) is 11.8. The molecule has 0 fully saturated rings. The highest BCUT2D eigenvalue weighted by Crippen LogP contribution is 2.17. The average molecular weight is 191 g/mol. The van der Waals surface area contributed by atoms with E-state index in [1.807, 2.05) is 41.5 Å². The Hall–Kier alpha value is 0.260. The Bertz CT molecular complexity index is 41.9. The molecule has 0 amide bonds. The molecule has 0 saturated carbocycles. The third kappa shape index (κ3) is 146. The van der Waals surface area contributed by atoms with Crippen LogP contribution in [0.15, 0.2) is 0 Å². The van der Waals surface area contributed by atoms with Crippen LogP contribution in [-0.4, -0.2) is 30.4 Å². The lowest BCUT2D eigenvalue weighted by Gasteiger charge is -2.12. The van der Waals surface area contributed by atoms with Crippen LogP contribution in [0.25, 0.3) is 0 Å². The van der Waals surface area contributed by atoms with Gasteiger partial charge in [0, 0.05) is 23.2 Å². The van der Waals surface area contributed by atoms with Gasteiger partial charge in [-0.2, -0.15) is 0 Å². The largest absolute Gasteiger partial charge is 0.0752 e. The first-order valence-corrected chi connectivity index (χ1v) is 5.46. The van der Waals surface area contributed by atoms with Gasteiger partial charge in [0.2, 0.25) is 0 Å². The molecule has 0 aliphatic heterocycles. The van der Waals surface area contributed by atoms with E-state index in [0.29, 0.717) is 0 Å². The van der Waals surface area contributed by atoms with Crippen LogP contribution in [0, 0.1) is 0 Å². The van der Waals surface area contributed by atoms with Gasteiger partial charge in [0.25, 0.3) is 0 Å². The Balaban J connectivity index is -0.0000000287. The molecular weight excluding hydrogens is 163 g/mol. The first-order chi connectivity index (χ1) is 6.56. The lowest BCUT2D eigenvalue weighted by Crippen LogP contribution is -2.06. The fraction of sp³-hybridized carbons (Fsp3) is 1.00. The predicted octanol–water partition coefficient (Wildman–Crippen LogP) is 3.31. The molecule has 79 valence electrons. The van der Waals surface area contributed by atoms with Gasteiger partial charge in [-0.15, -0.1) is 0 Å². The number of hydrogen-bond acceptors (Lipinski definition) is 0. The van der Waals surface area contributed by atoms with Crippen molar-refractivity contribution in [2.45, 2.75) is 67.6 Å². The molecule has 0 N–H and O–H groups in total. The van der Waals surface area contributed by atoms with Crippen LogP contribution in [0.1, 0.15) is 62.3 Å². The molecule has 0 spiro atoms. The van der Waals surface area contributed by atoms with Gasteiger partial charge in [0.05, 0.1) is 7.17 Å². The molecule has 0 nitrogen and oxygen atoms in total. The maximum absolute atomic E-state index is 5.18. The molecule has 0 rings (SSSR count). The summed E-state index contributed by atoms with van der Waals surface area (Å²) in [5, 5.41) is 0.194. The van der Waals surface area contributed by atoms with Crippen molar-refractivity contribution in [3.05, 3.63) is 0 Å². The van der Waals surface area contributed by atoms with Crippen LogP contribution in [-0.2, 0) is 0 Å². The van der Waals surface area contributed by atoms with Crippen LogP contribution >= 0.6 is 0 Å². The number of hydrogen-bond donors (Lipinski definition) is 0. The summed E-state index contributed by atoms with van der Waals surface area (Å²) in [6.07, 6.45) is 0. The van der Waals surface area contributed by atoms with Crippen molar-refractivity contribution >= 4 is 30.4 Å². The van der Waals surface area contributed by atoms with Crippen LogP contribution in [0.5, 0.6) is 0 Å². The first kappa shape index (κ1) is 29.2. The van der Waals surface area contributed by atoms with E-state index in [4.69, 9.17) is 7.74 Å². The summed E-state index contributed by atoms with van der Waals surface area (Å²) in [5.74, 6) is 0. The monoisotopic (exact) mass is 191 g/mol. The molecule has 14 heavy (non-hydrogen) atoms. The summed E-state index contributed by atoms with van der Waals surface area (Å²) in [4.78, 5) is 0. The van der Waals surface area contributed by atoms with E-state index < -0.39 is 0 Å². The molecule has 7 radical (unpaired) electrons. The van der Waals surface area contributed by atoms with Crippen molar-refractivity contribution in [3.63, 3.8) is 0 Å². The van der Waals surface area contributed by atoms with Gasteiger partial charge in [0.1, 0.15) is 0 Å². The molecular formula is C10H27B4. The van der Waals surface area contributed by atoms with E-state index in [1.54, 1.807) is 7.17 Å². The zero-order valence-corrected chi connectivity index (χ0v) is 11.8. The van der Waals surface area contributed by atoms with Gasteiger partial charge < -0.3 is 0 Å². The van der Waals surface area contributed by atoms with Gasteiger partial charge >= 0.3 is 0 Å². The molecule has 0 aliphatic carbocycles. The SMILES string of the molecule is CC.CC.CC.[B][B].[B][B]C(C)(C)C. The van der Waals surface area contributed by atoms with E-state index in [-0.39, 0.29) is 5.31 Å². The van der Waals surface area contributed by atoms with E-state index in [9.17, 15) is 0 Å². The molecule has 0 aliphatic rings. The molecule has 0 aromatic heterocycles. The van der Waals surface area contributed by atoms with Crippen LogP contribution in [0.2, 0.25) is 5.31 Å². The lowest BCUT2D eigenvalue weighted by atomic mass is 9.41. The Labute approximate surface area is 98.5 Å². The van der Waals surface area contributed by atoms with Crippen molar-refractivity contribution in [2.75, 3.05) is 0 Å². The maximum Gasteiger partial charge on any atom is 0.0619 e. The van der Waals surface area contributed by atoms with Crippen molar-refractivity contribution in [1.82, 2.24) is 0 Å². The predicted molar refractivity (Wildman–Crippen MR) is 76.8 cm³/mol. The van der Waals surface area contributed by atoms with Gasteiger partial charge in [-0.05, 0) is 0 Å². The molecule has 0 atom stereocenters. The third-order valence-corrected chi connectivity index (χ3v) is 0.500. The first-order valence-electron chi connectivity index (χ1n) is 5.46. The molecule has 0 aromatic carbocycles. The summed E-state index contributed by atoms with van der Waals surface area (Å²) in [7, 11) is 14.9. The second-order valence-corrected chi connectivity index (χ2v) is 2.53. The second kappa shape index (κ2) is 37.8. The number of rotatable bonds is 0. The fourth-order valence-corrected chi connectivity index (χ4v) is 0. The fourth-order valence-electron chi connectivity index (χ4n) is 0. The summed E-state index contributed by atoms with van der Waals surface area (Å²) in [5.41, 5.74) is 0. The van der Waals surface area contributed by atoms with E-state index in [1.165, 1.54) is 0 Å². The minimum absolute atomic E-state index is 0.194. The second-order valence-electron chi connectivity index (χ2n) is 2.53. The van der Waals surface area contributed by atoms with Gasteiger partial charge in [-0.3, -0.25) is 0 Å². The third-order valence-electron chi connectivity index (χ3n) is 0.500. The molecule has 0 unspecified atom stereocenters. The molecule has 0 heterocycles. The Morgan fingerprint density at radius 2 is 0.786 bits per heavy atom. The summed E-state index contributed by atoms with van der Waals surface area (Å²) in [6, 6.07) is 0. The van der Waals surface area contributed by atoms with Gasteiger partial charge in [0.15, 0.2) is 0 Å². The zero-order chi connectivity index (χ0) is 13.2. The van der Waals surface area contributed by atoms with Gasteiger partial charge in [-0.1, -0.05) is 67.6 Å². The van der Waals surface area contributed by atoms with Crippen molar-refractivity contribution in [2.24, 2.45) is 0 Å². The Morgan fingerprint density at radius 1 is 0.714 bits per heavy atom. The Kier molecular flexibility index (Phi) is 79.0. The molecule has 0 aromatic rings. The highest BCUT2D eigenvalue weighted by atomic mass is 13.9. The topological polar surface area (TPSA) is 0 Å². The molecule has 0 saturated heterocycles. The van der Waals surface area contributed by atoms with Crippen LogP contribution < -0.4 is 0 Å². The minimum Gasteiger partial charge on any atom is -0.0752 e. The minimum atomic E-state index is 0.194. The van der Waals surface area contributed by atoms with Crippen molar-refractivity contribution in [3.8, 4) is 0 Å². The maximum atomic E-state index is 5.18. The average Bonchev–Trinajstić information content (AvgIpc) is 2.28. The smallest absolute Gasteiger partial charge is 0.0619 e. The normalized spacial score (nSPS) is 6.36. The van der Waals surface area contributed by atoms with Crippen LogP contribution in [0.4, 0.5) is 0 Å². The van der Waals surface area contributed by atoms with Crippen LogP contribution in [0.3, 0.4) is 0 Å². The molecule has 4 heteroatoms. The highest BCUT2D eigenvalue weighted by Gasteiger charge is 2.03. The summed E-state index contributed by atoms with van der Waals surface area (Å²) >= 11 is 0. The lowest BCUT2D eigenvalue weighted by molar-refractivity contribution is 0.763. The van der Waals surface area contributed by atoms with Gasteiger partial charge in [-0.25, -0.2) is 0 Å². The van der Waals surface area contributed by atoms with E-state index >= 15 is 0 Å². The van der Waals surface area contributed by atoms with E-state index in [0.717, 1.165) is 0 Å². The highest BCUT2D eigenvalue weighted by molar-refractivity contribution is 6.91.